The van der Waals surface area contributed by atoms with Gasteiger partial charge in [0.2, 0.25) is 0 Å². The van der Waals surface area contributed by atoms with E-state index in [0.29, 0.717) is 11.5 Å². The number of aliphatic hydroxyl groups is 1. The van der Waals surface area contributed by atoms with Crippen molar-refractivity contribution in [3.05, 3.63) is 64.3 Å². The Kier molecular flexibility index (Phi) is 4.29. The molecule has 1 N–H and O–H groups in total. The Labute approximate surface area is 149 Å². The van der Waals surface area contributed by atoms with Crippen molar-refractivity contribution in [2.45, 2.75) is 47.1 Å². The third-order valence-corrected chi connectivity index (χ3v) is 4.72. The molecule has 3 heteroatoms. The summed E-state index contributed by atoms with van der Waals surface area (Å²) in [5, 5.41) is 11.6. The van der Waals surface area contributed by atoms with Crippen molar-refractivity contribution < 1.29 is 9.84 Å². The zero-order chi connectivity index (χ0) is 18.4. The number of aromatic nitrogens is 1. The molecule has 0 saturated carbocycles. The van der Waals surface area contributed by atoms with Gasteiger partial charge in [0.05, 0.1) is 16.8 Å². The number of nitrogens with zero attached hydrogens (tertiary/aromatic N) is 1. The minimum absolute atomic E-state index is 0.667. The van der Waals surface area contributed by atoms with Gasteiger partial charge in [0.1, 0.15) is 11.5 Å². The summed E-state index contributed by atoms with van der Waals surface area (Å²) in [6, 6.07) is 12.0. The smallest absolute Gasteiger partial charge is 0.149 e. The summed E-state index contributed by atoms with van der Waals surface area (Å²) in [7, 11) is 0. The van der Waals surface area contributed by atoms with Gasteiger partial charge >= 0.3 is 0 Å². The van der Waals surface area contributed by atoms with E-state index in [1.807, 2.05) is 38.1 Å². The monoisotopic (exact) mass is 335 g/mol. The highest BCUT2D eigenvalue weighted by atomic mass is 16.5. The van der Waals surface area contributed by atoms with E-state index >= 15 is 0 Å². The van der Waals surface area contributed by atoms with E-state index < -0.39 is 5.60 Å². The molecule has 1 heterocycles. The molecular formula is C22H25NO2. The van der Waals surface area contributed by atoms with Crippen molar-refractivity contribution in [1.29, 1.82) is 0 Å². The van der Waals surface area contributed by atoms with Crippen molar-refractivity contribution >= 4 is 10.9 Å². The molecule has 0 aliphatic heterocycles. The topological polar surface area (TPSA) is 42.4 Å². The lowest BCUT2D eigenvalue weighted by molar-refractivity contribution is 0.0755. The Morgan fingerprint density at radius 1 is 0.920 bits per heavy atom. The van der Waals surface area contributed by atoms with Gasteiger partial charge in [-0.05, 0) is 70.4 Å². The fourth-order valence-electron chi connectivity index (χ4n) is 3.29. The number of hydrogen-bond acceptors (Lipinski definition) is 3. The van der Waals surface area contributed by atoms with E-state index in [9.17, 15) is 5.11 Å². The highest BCUT2D eigenvalue weighted by Crippen LogP contribution is 2.37. The van der Waals surface area contributed by atoms with E-state index in [1.54, 1.807) is 13.8 Å². The molecule has 0 saturated heterocycles. The highest BCUT2D eigenvalue weighted by molar-refractivity contribution is 5.84. The maximum absolute atomic E-state index is 10.5. The second-order valence-corrected chi connectivity index (χ2v) is 7.26. The lowest BCUT2D eigenvalue weighted by atomic mass is 9.93. The largest absolute Gasteiger partial charge is 0.455 e. The van der Waals surface area contributed by atoms with Gasteiger partial charge in [-0.15, -0.1) is 0 Å². The molecule has 130 valence electrons. The van der Waals surface area contributed by atoms with Gasteiger partial charge in [0, 0.05) is 10.9 Å². The maximum atomic E-state index is 10.5. The Morgan fingerprint density at radius 2 is 1.64 bits per heavy atom. The fourth-order valence-corrected chi connectivity index (χ4v) is 3.29. The molecule has 0 aliphatic carbocycles. The Hall–Kier alpha value is -2.39. The minimum atomic E-state index is -0.980. The fraction of sp³-hybridized carbons (Fsp3) is 0.318. The molecule has 0 amide bonds. The number of aryl methyl sites for hydroxylation is 4. The van der Waals surface area contributed by atoms with E-state index in [2.05, 4.69) is 26.0 Å². The Bertz CT molecular complexity index is 952. The van der Waals surface area contributed by atoms with Crippen LogP contribution in [0.25, 0.3) is 10.9 Å². The molecule has 0 aliphatic rings. The normalized spacial score (nSPS) is 11.8. The van der Waals surface area contributed by atoms with Crippen LogP contribution in [0.4, 0.5) is 0 Å². The summed E-state index contributed by atoms with van der Waals surface area (Å²) in [6.45, 7) is 11.7. The molecule has 1 aromatic heterocycles. The van der Waals surface area contributed by atoms with Crippen LogP contribution in [-0.2, 0) is 5.60 Å². The summed E-state index contributed by atoms with van der Waals surface area (Å²) in [5.41, 5.74) is 5.10. The van der Waals surface area contributed by atoms with Gasteiger partial charge < -0.3 is 9.84 Å². The van der Waals surface area contributed by atoms with Crippen LogP contribution in [0.1, 0.15) is 41.8 Å². The van der Waals surface area contributed by atoms with E-state index in [0.717, 1.165) is 27.7 Å². The molecule has 0 atom stereocenters. The number of hydrogen-bond donors (Lipinski definition) is 1. The number of pyridine rings is 1. The molecule has 0 bridgehead atoms. The average Bonchev–Trinajstić information content (AvgIpc) is 2.51. The Morgan fingerprint density at radius 3 is 2.32 bits per heavy atom. The average molecular weight is 335 g/mol. The zero-order valence-electron chi connectivity index (χ0n) is 15.8. The molecule has 3 rings (SSSR count). The summed E-state index contributed by atoms with van der Waals surface area (Å²) in [5.74, 6) is 1.38. The predicted molar refractivity (Wildman–Crippen MR) is 102 cm³/mol. The lowest BCUT2D eigenvalue weighted by Crippen LogP contribution is -2.18. The molecule has 0 radical (unpaired) electrons. The number of benzene rings is 2. The maximum Gasteiger partial charge on any atom is 0.149 e. The molecule has 0 spiro atoms. The quantitative estimate of drug-likeness (QED) is 0.688. The van der Waals surface area contributed by atoms with Gasteiger partial charge in [-0.1, -0.05) is 24.3 Å². The highest BCUT2D eigenvalue weighted by Gasteiger charge is 2.24. The van der Waals surface area contributed by atoms with Gasteiger partial charge in [-0.2, -0.15) is 0 Å². The summed E-state index contributed by atoms with van der Waals surface area (Å²) < 4.78 is 6.20. The van der Waals surface area contributed by atoms with Crippen LogP contribution in [0.15, 0.2) is 36.4 Å². The second-order valence-electron chi connectivity index (χ2n) is 7.26. The summed E-state index contributed by atoms with van der Waals surface area (Å²) >= 11 is 0. The van der Waals surface area contributed by atoms with Crippen LogP contribution in [0, 0.1) is 27.7 Å². The third-order valence-electron chi connectivity index (χ3n) is 4.72. The van der Waals surface area contributed by atoms with Crippen molar-refractivity contribution in [3.63, 3.8) is 0 Å². The first-order valence-electron chi connectivity index (χ1n) is 8.56. The van der Waals surface area contributed by atoms with Crippen molar-refractivity contribution in [2.75, 3.05) is 0 Å². The lowest BCUT2D eigenvalue weighted by Gasteiger charge is -2.24. The third kappa shape index (κ3) is 3.24. The number of fused-ring (bicyclic) bond motifs is 1. The summed E-state index contributed by atoms with van der Waals surface area (Å²) in [4.78, 5) is 4.76. The molecule has 2 aromatic carbocycles. The first-order valence-corrected chi connectivity index (χ1v) is 8.56. The van der Waals surface area contributed by atoms with Crippen LogP contribution in [0.5, 0.6) is 11.5 Å². The van der Waals surface area contributed by atoms with Crippen molar-refractivity contribution in [2.24, 2.45) is 0 Å². The first kappa shape index (κ1) is 17.4. The molecule has 3 aromatic rings. The molecule has 25 heavy (non-hydrogen) atoms. The van der Waals surface area contributed by atoms with E-state index in [-0.39, 0.29) is 0 Å². The zero-order valence-corrected chi connectivity index (χ0v) is 15.8. The Balaban J connectivity index is 2.12. The standard InChI is InChI=1S/C22H25NO2/c1-13-10-11-17-12-19(16(4)23-21(17)15(13)3)25-18-9-7-8-14(2)20(18)22(5,6)24/h7-12,24H,1-6H3. The van der Waals surface area contributed by atoms with E-state index in [1.165, 1.54) is 11.1 Å². The van der Waals surface area contributed by atoms with Crippen molar-refractivity contribution in [1.82, 2.24) is 4.98 Å². The van der Waals surface area contributed by atoms with Gasteiger partial charge in [-0.3, -0.25) is 0 Å². The first-order chi connectivity index (χ1) is 11.7. The predicted octanol–water partition coefficient (Wildman–Crippen LogP) is 5.49. The van der Waals surface area contributed by atoms with E-state index in [4.69, 9.17) is 9.72 Å². The van der Waals surface area contributed by atoms with Crippen LogP contribution >= 0.6 is 0 Å². The van der Waals surface area contributed by atoms with Crippen LogP contribution in [-0.4, -0.2) is 10.1 Å². The minimum Gasteiger partial charge on any atom is -0.455 e. The molecule has 0 unspecified atom stereocenters. The van der Waals surface area contributed by atoms with Gasteiger partial charge in [0.15, 0.2) is 0 Å². The second kappa shape index (κ2) is 6.16. The van der Waals surface area contributed by atoms with Gasteiger partial charge in [-0.25, -0.2) is 4.98 Å². The van der Waals surface area contributed by atoms with Crippen LogP contribution in [0.2, 0.25) is 0 Å². The molecule has 0 fully saturated rings. The molecular weight excluding hydrogens is 310 g/mol. The van der Waals surface area contributed by atoms with Crippen LogP contribution in [0.3, 0.4) is 0 Å². The van der Waals surface area contributed by atoms with Gasteiger partial charge in [0.25, 0.3) is 0 Å². The summed E-state index contributed by atoms with van der Waals surface area (Å²) in [6.07, 6.45) is 0. The number of ether oxygens (including phenoxy) is 1. The van der Waals surface area contributed by atoms with Crippen LogP contribution < -0.4 is 4.74 Å². The molecule has 3 nitrogen and oxygen atoms in total. The van der Waals surface area contributed by atoms with Crippen molar-refractivity contribution in [3.8, 4) is 11.5 Å². The SMILES string of the molecule is Cc1cccc(Oc2cc3ccc(C)c(C)c3nc2C)c1C(C)(C)O. The number of rotatable bonds is 3.